The van der Waals surface area contributed by atoms with Crippen LogP contribution in [0.3, 0.4) is 0 Å². The summed E-state index contributed by atoms with van der Waals surface area (Å²) in [6, 6.07) is 5.47. The van der Waals surface area contributed by atoms with E-state index in [0.717, 1.165) is 4.31 Å². The van der Waals surface area contributed by atoms with E-state index in [-0.39, 0.29) is 17.1 Å². The molecule has 0 bridgehead atoms. The van der Waals surface area contributed by atoms with Gasteiger partial charge in [0.05, 0.1) is 10.5 Å². The summed E-state index contributed by atoms with van der Waals surface area (Å²) >= 11 is 0. The molecule has 1 rings (SSSR count). The van der Waals surface area contributed by atoms with Gasteiger partial charge in [0.1, 0.15) is 0 Å². The third kappa shape index (κ3) is 3.09. The molecule has 0 atom stereocenters. The Kier molecular flexibility index (Phi) is 4.48. The van der Waals surface area contributed by atoms with Gasteiger partial charge in [0, 0.05) is 14.1 Å². The number of hydrogen-bond acceptors (Lipinski definition) is 4. The minimum absolute atomic E-state index is 0.112. The summed E-state index contributed by atoms with van der Waals surface area (Å²) in [6.07, 6.45) is 4.96. The van der Waals surface area contributed by atoms with Crippen LogP contribution in [0.15, 0.2) is 29.2 Å². The average Bonchev–Trinajstić information content (AvgIpc) is 2.35. The van der Waals surface area contributed by atoms with Crippen molar-refractivity contribution in [3.8, 4) is 12.3 Å². The van der Waals surface area contributed by atoms with Crippen LogP contribution < -0.4 is 0 Å². The lowest BCUT2D eigenvalue weighted by Gasteiger charge is -2.11. The van der Waals surface area contributed by atoms with E-state index in [1.165, 1.54) is 38.4 Å². The van der Waals surface area contributed by atoms with Gasteiger partial charge in [-0.05, 0) is 24.3 Å². The summed E-state index contributed by atoms with van der Waals surface area (Å²) in [5, 5.41) is 0. The van der Waals surface area contributed by atoms with E-state index < -0.39 is 16.0 Å². The van der Waals surface area contributed by atoms with Crippen molar-refractivity contribution in [1.82, 2.24) is 4.31 Å². The molecule has 5 nitrogen and oxygen atoms in total. The minimum Gasteiger partial charge on any atom is -0.449 e. The van der Waals surface area contributed by atoms with Gasteiger partial charge in [-0.15, -0.1) is 6.42 Å². The van der Waals surface area contributed by atoms with Gasteiger partial charge in [-0.1, -0.05) is 5.92 Å². The highest BCUT2D eigenvalue weighted by atomic mass is 32.2. The monoisotopic (exact) mass is 267 g/mol. The summed E-state index contributed by atoms with van der Waals surface area (Å²) in [5.41, 5.74) is 0.253. The van der Waals surface area contributed by atoms with E-state index in [0.29, 0.717) is 0 Å². The van der Waals surface area contributed by atoms with E-state index >= 15 is 0 Å². The van der Waals surface area contributed by atoms with Crippen LogP contribution in [0.1, 0.15) is 10.4 Å². The van der Waals surface area contributed by atoms with Gasteiger partial charge in [-0.25, -0.2) is 17.5 Å². The Morgan fingerprint density at radius 3 is 2.33 bits per heavy atom. The van der Waals surface area contributed by atoms with Crippen molar-refractivity contribution < 1.29 is 17.9 Å². The zero-order valence-corrected chi connectivity index (χ0v) is 10.9. The first kappa shape index (κ1) is 14.2. The molecule has 0 saturated carbocycles. The van der Waals surface area contributed by atoms with Crippen LogP contribution in [-0.2, 0) is 14.8 Å². The standard InChI is InChI=1S/C12H13NO4S/c1-4-9-17-12(14)10-5-7-11(8-6-10)18(15,16)13(2)3/h1,5-8H,9H2,2-3H3. The fourth-order valence-electron chi connectivity index (χ4n) is 1.16. The van der Waals surface area contributed by atoms with Gasteiger partial charge < -0.3 is 4.74 Å². The van der Waals surface area contributed by atoms with Crippen LogP contribution in [-0.4, -0.2) is 39.4 Å². The maximum absolute atomic E-state index is 11.8. The van der Waals surface area contributed by atoms with Crippen LogP contribution in [0.25, 0.3) is 0 Å². The lowest BCUT2D eigenvalue weighted by molar-refractivity contribution is 0.0556. The predicted octanol–water partition coefficient (Wildman–Crippen LogP) is 0.727. The first-order valence-corrected chi connectivity index (χ1v) is 6.47. The Morgan fingerprint density at radius 1 is 1.33 bits per heavy atom. The molecule has 0 N–H and O–H groups in total. The smallest absolute Gasteiger partial charge is 0.339 e. The molecule has 0 fully saturated rings. The minimum atomic E-state index is -3.49. The lowest BCUT2D eigenvalue weighted by atomic mass is 10.2. The molecule has 0 aliphatic rings. The van der Waals surface area contributed by atoms with Crippen LogP contribution >= 0.6 is 0 Å². The molecule has 96 valence electrons. The van der Waals surface area contributed by atoms with Crippen molar-refractivity contribution in [3.05, 3.63) is 29.8 Å². The number of carbonyl (C=O) groups is 1. The molecule has 0 unspecified atom stereocenters. The van der Waals surface area contributed by atoms with Crippen molar-refractivity contribution >= 4 is 16.0 Å². The Bertz CT molecular complexity index is 567. The predicted molar refractivity (Wildman–Crippen MR) is 66.4 cm³/mol. The molecular weight excluding hydrogens is 254 g/mol. The number of ether oxygens (including phenoxy) is 1. The van der Waals surface area contributed by atoms with Crippen molar-refractivity contribution in [2.45, 2.75) is 4.90 Å². The molecule has 0 aliphatic carbocycles. The number of carbonyl (C=O) groups excluding carboxylic acids is 1. The number of sulfonamides is 1. The molecule has 0 heterocycles. The number of rotatable bonds is 4. The summed E-state index contributed by atoms with van der Waals surface area (Å²) in [4.78, 5) is 11.5. The van der Waals surface area contributed by atoms with Crippen molar-refractivity contribution in [1.29, 1.82) is 0 Å². The largest absolute Gasteiger partial charge is 0.449 e. The van der Waals surface area contributed by atoms with E-state index in [1.54, 1.807) is 0 Å². The molecule has 1 aromatic rings. The SMILES string of the molecule is C#CCOC(=O)c1ccc(S(=O)(=O)N(C)C)cc1. The fourth-order valence-corrected chi connectivity index (χ4v) is 2.07. The second-order valence-corrected chi connectivity index (χ2v) is 5.74. The molecule has 0 radical (unpaired) electrons. The third-order valence-corrected chi connectivity index (χ3v) is 3.98. The first-order chi connectivity index (χ1) is 8.39. The van der Waals surface area contributed by atoms with Crippen molar-refractivity contribution in [3.63, 3.8) is 0 Å². The molecule has 0 amide bonds. The maximum atomic E-state index is 11.8. The van der Waals surface area contributed by atoms with E-state index in [4.69, 9.17) is 11.2 Å². The van der Waals surface area contributed by atoms with Gasteiger partial charge in [-0.2, -0.15) is 0 Å². The number of esters is 1. The number of nitrogens with zero attached hydrogens (tertiary/aromatic N) is 1. The second-order valence-electron chi connectivity index (χ2n) is 3.59. The van der Waals surface area contributed by atoms with Crippen molar-refractivity contribution in [2.24, 2.45) is 0 Å². The highest BCUT2D eigenvalue weighted by molar-refractivity contribution is 7.89. The topological polar surface area (TPSA) is 63.7 Å². The number of benzene rings is 1. The van der Waals surface area contributed by atoms with E-state index in [9.17, 15) is 13.2 Å². The summed E-state index contributed by atoms with van der Waals surface area (Å²) in [5.74, 6) is 1.59. The molecule has 0 aromatic heterocycles. The van der Waals surface area contributed by atoms with Gasteiger partial charge in [0.2, 0.25) is 10.0 Å². The first-order valence-electron chi connectivity index (χ1n) is 5.02. The Morgan fingerprint density at radius 2 is 1.89 bits per heavy atom. The van der Waals surface area contributed by atoms with Crippen molar-refractivity contribution in [2.75, 3.05) is 20.7 Å². The Labute approximate surface area is 106 Å². The van der Waals surface area contributed by atoms with Gasteiger partial charge in [0.25, 0.3) is 0 Å². The van der Waals surface area contributed by atoms with Gasteiger partial charge >= 0.3 is 5.97 Å². The van der Waals surface area contributed by atoms with Crippen LogP contribution in [0.2, 0.25) is 0 Å². The number of hydrogen-bond donors (Lipinski definition) is 0. The normalized spacial score (nSPS) is 11.0. The van der Waals surface area contributed by atoms with Crippen LogP contribution in [0.4, 0.5) is 0 Å². The molecule has 6 heteroatoms. The van der Waals surface area contributed by atoms with Crippen LogP contribution in [0, 0.1) is 12.3 Å². The molecule has 0 spiro atoms. The zero-order valence-electron chi connectivity index (χ0n) is 10.1. The molecule has 1 aromatic carbocycles. The second kappa shape index (κ2) is 5.67. The lowest BCUT2D eigenvalue weighted by Crippen LogP contribution is -2.22. The maximum Gasteiger partial charge on any atom is 0.339 e. The molecule has 18 heavy (non-hydrogen) atoms. The highest BCUT2D eigenvalue weighted by Gasteiger charge is 2.17. The van der Waals surface area contributed by atoms with E-state index in [1.807, 2.05) is 0 Å². The summed E-state index contributed by atoms with van der Waals surface area (Å²) < 4.78 is 29.3. The molecule has 0 saturated heterocycles. The number of terminal acetylenes is 1. The third-order valence-electron chi connectivity index (χ3n) is 2.16. The quantitative estimate of drug-likeness (QED) is 0.596. The Hall–Kier alpha value is -1.84. The van der Waals surface area contributed by atoms with Gasteiger partial charge in [-0.3, -0.25) is 0 Å². The average molecular weight is 267 g/mol. The van der Waals surface area contributed by atoms with Gasteiger partial charge in [0.15, 0.2) is 6.61 Å². The summed E-state index contributed by atoms with van der Waals surface area (Å²) in [6.45, 7) is -0.115. The Balaban J connectivity index is 2.94. The molecular formula is C12H13NO4S. The zero-order chi connectivity index (χ0) is 13.8. The fraction of sp³-hybridized carbons (Fsp3) is 0.250. The molecule has 0 aliphatic heterocycles. The van der Waals surface area contributed by atoms with E-state index in [2.05, 4.69) is 5.92 Å². The van der Waals surface area contributed by atoms with Crippen LogP contribution in [0.5, 0.6) is 0 Å². The highest BCUT2D eigenvalue weighted by Crippen LogP contribution is 2.14. The summed E-state index contributed by atoms with van der Waals surface area (Å²) in [7, 11) is -0.618.